The van der Waals surface area contributed by atoms with Crippen LogP contribution in [0, 0.1) is 0 Å². The van der Waals surface area contributed by atoms with Crippen LogP contribution in [0.3, 0.4) is 0 Å². The predicted molar refractivity (Wildman–Crippen MR) is 351 cm³/mol. The molecule has 1 fully saturated rings. The summed E-state index contributed by atoms with van der Waals surface area (Å²) in [5, 5.41) is 0. The highest BCUT2D eigenvalue weighted by Crippen LogP contribution is 2.40. The molecule has 1 aliphatic rings. The highest BCUT2D eigenvalue weighted by atomic mass is 28.5. The summed E-state index contributed by atoms with van der Waals surface area (Å²) in [5.74, 6) is 0. The van der Waals surface area contributed by atoms with E-state index in [1.807, 2.05) is 0 Å². The molecule has 1 aliphatic heterocycles. The summed E-state index contributed by atoms with van der Waals surface area (Å²) >= 11 is 0. The average molecular weight is 1140 g/mol. The molecule has 4 nitrogen and oxygen atoms in total. The lowest BCUT2D eigenvalue weighted by Gasteiger charge is -2.50. The molecule has 0 aromatic heterocycles. The number of rotatable bonds is 60. The second-order valence-electron chi connectivity index (χ2n) is 26.3. The maximum Gasteiger partial charge on any atom is 0.317 e. The van der Waals surface area contributed by atoms with Crippen LogP contribution >= 0.6 is 0 Å². The van der Waals surface area contributed by atoms with Crippen molar-refractivity contribution in [3.8, 4) is 0 Å². The predicted octanol–water partition coefficient (Wildman–Crippen LogP) is 26.3. The van der Waals surface area contributed by atoms with Crippen LogP contribution in [0.2, 0.25) is 50.4 Å². The van der Waals surface area contributed by atoms with Gasteiger partial charge in [0.05, 0.1) is 0 Å². The zero-order chi connectivity index (χ0) is 55.3. The molecule has 456 valence electrons. The third-order valence-electron chi connectivity index (χ3n) is 17.7. The summed E-state index contributed by atoms with van der Waals surface area (Å²) in [4.78, 5) is 0. The standard InChI is InChI=1S/C68H144O4Si4/c1-9-13-17-21-25-29-33-37-41-45-49-53-57-61-65-73(5)69-74(6,66-62-58-54-50-46-42-38-34-30-26-22-18-14-10-2)71-76(8,68-64-60-56-52-48-44-40-36-32-28-24-20-16-12-4)72-75(7,70-73)67-63-59-55-51-47-43-39-35-31-27-23-19-15-11-3/h9-68H2,1-8H3. The molecular formula is C68H144O4Si4. The van der Waals surface area contributed by atoms with Gasteiger partial charge in [0, 0.05) is 0 Å². The normalized spacial score (nSPS) is 21.2. The Bertz CT molecular complexity index is 990. The van der Waals surface area contributed by atoms with Gasteiger partial charge < -0.3 is 16.5 Å². The van der Waals surface area contributed by atoms with E-state index in [2.05, 4.69) is 53.9 Å². The summed E-state index contributed by atoms with van der Waals surface area (Å²) in [6, 6.07) is 4.44. The van der Waals surface area contributed by atoms with Crippen molar-refractivity contribution in [3.63, 3.8) is 0 Å². The molecule has 0 aromatic carbocycles. The van der Waals surface area contributed by atoms with Crippen LogP contribution in [0.25, 0.3) is 0 Å². The first kappa shape index (κ1) is 74.7. The van der Waals surface area contributed by atoms with E-state index in [1.165, 1.54) is 360 Å². The smallest absolute Gasteiger partial charge is 0.317 e. The fourth-order valence-electron chi connectivity index (χ4n) is 12.9. The highest BCUT2D eigenvalue weighted by molar-refractivity contribution is 6.93. The third kappa shape index (κ3) is 47.2. The maximum absolute atomic E-state index is 7.76. The van der Waals surface area contributed by atoms with E-state index >= 15 is 0 Å². The molecule has 1 rings (SSSR count). The average Bonchev–Trinajstić information content (AvgIpc) is 3.38. The summed E-state index contributed by atoms with van der Waals surface area (Å²) < 4.78 is 31.0. The van der Waals surface area contributed by atoms with E-state index in [0.717, 1.165) is 24.2 Å². The third-order valence-corrected chi connectivity index (χ3v) is 36.5. The van der Waals surface area contributed by atoms with E-state index in [1.54, 1.807) is 0 Å². The Kier molecular flexibility index (Phi) is 52.8. The molecule has 0 bridgehead atoms. The monoisotopic (exact) mass is 1140 g/mol. The quantitative estimate of drug-likeness (QED) is 0.0449. The van der Waals surface area contributed by atoms with Gasteiger partial charge in [0.2, 0.25) is 0 Å². The fourth-order valence-corrected chi connectivity index (χ4v) is 36.5. The Balaban J connectivity index is 2.93. The Labute approximate surface area is 485 Å². The number of unbranched alkanes of at least 4 members (excludes halogenated alkanes) is 52. The molecule has 0 atom stereocenters. The summed E-state index contributed by atoms with van der Waals surface area (Å²) in [6.07, 6.45) is 78.4. The lowest BCUT2D eigenvalue weighted by Crippen LogP contribution is -2.67. The van der Waals surface area contributed by atoms with Gasteiger partial charge in [0.15, 0.2) is 0 Å². The van der Waals surface area contributed by atoms with Crippen LogP contribution in [-0.2, 0) is 16.5 Å². The molecule has 0 aliphatic carbocycles. The van der Waals surface area contributed by atoms with Gasteiger partial charge in [-0.2, -0.15) is 0 Å². The molecule has 76 heavy (non-hydrogen) atoms. The van der Waals surface area contributed by atoms with E-state index in [4.69, 9.17) is 16.5 Å². The van der Waals surface area contributed by atoms with Gasteiger partial charge in [0.1, 0.15) is 0 Å². The minimum Gasteiger partial charge on any atom is -0.416 e. The molecule has 0 aromatic rings. The van der Waals surface area contributed by atoms with Gasteiger partial charge in [-0.3, -0.25) is 0 Å². The largest absolute Gasteiger partial charge is 0.416 e. The first-order valence-electron chi connectivity index (χ1n) is 35.9. The maximum atomic E-state index is 7.76. The van der Waals surface area contributed by atoms with Crippen molar-refractivity contribution in [3.05, 3.63) is 0 Å². The fraction of sp³-hybridized carbons (Fsp3) is 1.00. The van der Waals surface area contributed by atoms with Crippen molar-refractivity contribution in [2.75, 3.05) is 0 Å². The van der Waals surface area contributed by atoms with Gasteiger partial charge in [-0.05, 0) is 50.4 Å². The summed E-state index contributed by atoms with van der Waals surface area (Å²) in [6.45, 7) is 19.1. The van der Waals surface area contributed by atoms with Gasteiger partial charge in [-0.25, -0.2) is 0 Å². The van der Waals surface area contributed by atoms with Crippen LogP contribution < -0.4 is 0 Å². The summed E-state index contributed by atoms with van der Waals surface area (Å²) in [7, 11) is -10.2. The molecule has 0 spiro atoms. The topological polar surface area (TPSA) is 36.9 Å². The second-order valence-corrected chi connectivity index (χ2v) is 40.7. The van der Waals surface area contributed by atoms with Crippen molar-refractivity contribution >= 4 is 34.2 Å². The van der Waals surface area contributed by atoms with Crippen molar-refractivity contribution in [1.29, 1.82) is 0 Å². The Hall–Kier alpha value is 0.708. The Morgan fingerprint density at radius 3 is 0.342 bits per heavy atom. The molecular weight excluding hydrogens is 993 g/mol. The molecule has 1 heterocycles. The van der Waals surface area contributed by atoms with E-state index < -0.39 is 34.2 Å². The van der Waals surface area contributed by atoms with Crippen molar-refractivity contribution in [1.82, 2.24) is 0 Å². The van der Waals surface area contributed by atoms with Crippen LogP contribution in [0.1, 0.15) is 387 Å². The van der Waals surface area contributed by atoms with Crippen molar-refractivity contribution < 1.29 is 16.5 Å². The van der Waals surface area contributed by atoms with Crippen LogP contribution in [0.4, 0.5) is 0 Å². The molecule has 0 unspecified atom stereocenters. The van der Waals surface area contributed by atoms with E-state index in [0.29, 0.717) is 0 Å². The van der Waals surface area contributed by atoms with Gasteiger partial charge in [-0.1, -0.05) is 387 Å². The molecule has 0 amide bonds. The zero-order valence-electron chi connectivity index (χ0n) is 54.1. The lowest BCUT2D eigenvalue weighted by atomic mass is 10.0. The van der Waals surface area contributed by atoms with E-state index in [-0.39, 0.29) is 0 Å². The molecule has 0 radical (unpaired) electrons. The first-order valence-corrected chi connectivity index (χ1v) is 46.0. The van der Waals surface area contributed by atoms with Gasteiger partial charge >= 0.3 is 34.2 Å². The lowest BCUT2D eigenvalue weighted by molar-refractivity contribution is 0.219. The summed E-state index contributed by atoms with van der Waals surface area (Å²) in [5.41, 5.74) is 0. The van der Waals surface area contributed by atoms with Crippen LogP contribution in [0.5, 0.6) is 0 Å². The molecule has 0 N–H and O–H groups in total. The second kappa shape index (κ2) is 53.7. The molecule has 1 saturated heterocycles. The van der Waals surface area contributed by atoms with Crippen molar-refractivity contribution in [2.45, 2.75) is 438 Å². The number of hydrogen-bond acceptors (Lipinski definition) is 4. The SMILES string of the molecule is CCCCCCCCCCCCCCCC[Si]1(C)O[Si](C)(CCCCCCCCCCCCCCCC)O[Si](C)(CCCCCCCCCCCCCCCC)O[Si](C)(CCCCCCCCCCCCCCCC)O1. The molecule has 8 heteroatoms. The highest BCUT2D eigenvalue weighted by Gasteiger charge is 2.56. The Morgan fingerprint density at radius 2 is 0.237 bits per heavy atom. The molecule has 0 saturated carbocycles. The zero-order valence-corrected chi connectivity index (χ0v) is 58.1. The van der Waals surface area contributed by atoms with Crippen LogP contribution in [-0.4, -0.2) is 34.2 Å². The van der Waals surface area contributed by atoms with Gasteiger partial charge in [0.25, 0.3) is 0 Å². The van der Waals surface area contributed by atoms with Gasteiger partial charge in [-0.15, -0.1) is 0 Å². The van der Waals surface area contributed by atoms with E-state index in [9.17, 15) is 0 Å². The first-order chi connectivity index (χ1) is 37.1. The minimum atomic E-state index is -2.55. The van der Waals surface area contributed by atoms with Crippen LogP contribution in [0.15, 0.2) is 0 Å². The minimum absolute atomic E-state index is 1.11. The van der Waals surface area contributed by atoms with Crippen molar-refractivity contribution in [2.24, 2.45) is 0 Å². The number of hydrogen-bond donors (Lipinski definition) is 0. The Morgan fingerprint density at radius 1 is 0.145 bits per heavy atom.